The number of hydrogen-bond acceptors (Lipinski definition) is 3. The number of ether oxygens (including phenoxy) is 1. The standard InChI is InChI=1S/C26H30Cl2N2O3/c27-20-7-5-6-19(16-20)25(32)30-13-11-26(12-14-30)10-3-1-2-4-15-33-23-9-8-21(28)17-22(23)24(31)29-18-26/h5-9,16-17H,1-4,10-15,18H2,(H,29,31). The maximum atomic E-state index is 13.0. The summed E-state index contributed by atoms with van der Waals surface area (Å²) in [5.41, 5.74) is 1.08. The van der Waals surface area contributed by atoms with Crippen LogP contribution in [0.15, 0.2) is 42.5 Å². The van der Waals surface area contributed by atoms with Crippen molar-refractivity contribution in [1.29, 1.82) is 0 Å². The fourth-order valence-corrected chi connectivity index (χ4v) is 5.17. The van der Waals surface area contributed by atoms with E-state index in [9.17, 15) is 9.59 Å². The predicted octanol–water partition coefficient (Wildman–Crippen LogP) is 5.99. The Kier molecular flexibility index (Phi) is 7.82. The molecule has 0 atom stereocenters. The van der Waals surface area contributed by atoms with Gasteiger partial charge in [0.25, 0.3) is 11.8 Å². The molecule has 5 nitrogen and oxygen atoms in total. The van der Waals surface area contributed by atoms with Crippen LogP contribution in [0.25, 0.3) is 0 Å². The zero-order valence-corrected chi connectivity index (χ0v) is 20.3. The van der Waals surface area contributed by atoms with E-state index in [1.54, 1.807) is 36.4 Å². The van der Waals surface area contributed by atoms with Gasteiger partial charge in [0.15, 0.2) is 0 Å². The van der Waals surface area contributed by atoms with Gasteiger partial charge in [0.1, 0.15) is 5.75 Å². The molecule has 0 bridgehead atoms. The van der Waals surface area contributed by atoms with Crippen LogP contribution in [0.2, 0.25) is 10.0 Å². The van der Waals surface area contributed by atoms with Crippen LogP contribution in [0.3, 0.4) is 0 Å². The molecule has 0 aliphatic carbocycles. The molecule has 1 N–H and O–H groups in total. The van der Waals surface area contributed by atoms with Crippen molar-refractivity contribution in [3.8, 4) is 5.75 Å². The summed E-state index contributed by atoms with van der Waals surface area (Å²) in [6.45, 7) is 2.52. The fourth-order valence-electron chi connectivity index (χ4n) is 4.81. The van der Waals surface area contributed by atoms with Gasteiger partial charge in [-0.2, -0.15) is 0 Å². The Morgan fingerprint density at radius 1 is 0.939 bits per heavy atom. The molecule has 0 saturated carbocycles. The lowest BCUT2D eigenvalue weighted by Gasteiger charge is -2.42. The number of likely N-dealkylation sites (tertiary alicyclic amines) is 1. The Morgan fingerprint density at radius 2 is 1.70 bits per heavy atom. The normalized spacial score (nSPS) is 19.3. The second kappa shape index (κ2) is 10.8. The highest BCUT2D eigenvalue weighted by Crippen LogP contribution is 2.37. The summed E-state index contributed by atoms with van der Waals surface area (Å²) in [5.74, 6) is 0.428. The lowest BCUT2D eigenvalue weighted by molar-refractivity contribution is 0.0536. The third kappa shape index (κ3) is 6.01. The first-order valence-electron chi connectivity index (χ1n) is 11.7. The SMILES string of the molecule is O=C1NCC2(CCCCCCOc3ccc(Cl)cc31)CCN(C(=O)c1cccc(Cl)c1)CC2. The zero-order valence-electron chi connectivity index (χ0n) is 18.7. The lowest BCUT2D eigenvalue weighted by Crippen LogP contribution is -2.48. The predicted molar refractivity (Wildman–Crippen MR) is 131 cm³/mol. The molecule has 2 aliphatic rings. The molecule has 176 valence electrons. The number of halogens is 2. The van der Waals surface area contributed by atoms with Crippen LogP contribution >= 0.6 is 23.2 Å². The van der Waals surface area contributed by atoms with E-state index in [0.29, 0.717) is 53.2 Å². The molecule has 4 rings (SSSR count). The van der Waals surface area contributed by atoms with Crippen LogP contribution in [-0.2, 0) is 0 Å². The summed E-state index contributed by atoms with van der Waals surface area (Å²) < 4.78 is 5.88. The smallest absolute Gasteiger partial charge is 0.255 e. The molecule has 33 heavy (non-hydrogen) atoms. The maximum Gasteiger partial charge on any atom is 0.255 e. The Balaban J connectivity index is 1.47. The fraction of sp³-hybridized carbons (Fsp3) is 0.462. The zero-order chi connectivity index (χ0) is 23.3. The summed E-state index contributed by atoms with van der Waals surface area (Å²) in [7, 11) is 0. The number of hydrogen-bond donors (Lipinski definition) is 1. The number of carbonyl (C=O) groups excluding carboxylic acids is 2. The first-order valence-corrected chi connectivity index (χ1v) is 12.5. The van der Waals surface area contributed by atoms with E-state index >= 15 is 0 Å². The minimum Gasteiger partial charge on any atom is -0.493 e. The third-order valence-corrected chi connectivity index (χ3v) is 7.32. The molecule has 2 aliphatic heterocycles. The molecule has 2 aromatic carbocycles. The molecule has 1 saturated heterocycles. The quantitative estimate of drug-likeness (QED) is 0.536. The second-order valence-electron chi connectivity index (χ2n) is 9.14. The Morgan fingerprint density at radius 3 is 2.48 bits per heavy atom. The monoisotopic (exact) mass is 488 g/mol. The topological polar surface area (TPSA) is 58.6 Å². The molecule has 7 heteroatoms. The van der Waals surface area contributed by atoms with Gasteiger partial charge in [-0.15, -0.1) is 0 Å². The van der Waals surface area contributed by atoms with Gasteiger partial charge in [-0.1, -0.05) is 48.5 Å². The van der Waals surface area contributed by atoms with Gasteiger partial charge in [-0.05, 0) is 67.5 Å². The van der Waals surface area contributed by atoms with E-state index in [-0.39, 0.29) is 17.2 Å². The van der Waals surface area contributed by atoms with E-state index in [1.165, 1.54) is 0 Å². The average Bonchev–Trinajstić information content (AvgIpc) is 2.83. The van der Waals surface area contributed by atoms with E-state index in [1.807, 2.05) is 11.0 Å². The van der Waals surface area contributed by atoms with Crippen molar-refractivity contribution in [2.45, 2.75) is 44.9 Å². The van der Waals surface area contributed by atoms with Gasteiger partial charge in [0.05, 0.1) is 12.2 Å². The van der Waals surface area contributed by atoms with E-state index in [0.717, 1.165) is 44.9 Å². The van der Waals surface area contributed by atoms with E-state index in [2.05, 4.69) is 5.32 Å². The maximum absolute atomic E-state index is 13.0. The van der Waals surface area contributed by atoms with E-state index in [4.69, 9.17) is 27.9 Å². The number of nitrogens with zero attached hydrogens (tertiary/aromatic N) is 1. The third-order valence-electron chi connectivity index (χ3n) is 6.85. The van der Waals surface area contributed by atoms with Crippen molar-refractivity contribution in [3.05, 3.63) is 63.6 Å². The molecule has 2 heterocycles. The highest BCUT2D eigenvalue weighted by atomic mass is 35.5. The lowest BCUT2D eigenvalue weighted by atomic mass is 9.74. The Hall–Kier alpha value is -2.24. The summed E-state index contributed by atoms with van der Waals surface area (Å²) in [5, 5.41) is 4.23. The van der Waals surface area contributed by atoms with Crippen LogP contribution in [0, 0.1) is 5.41 Å². The molecule has 2 amide bonds. The first-order chi connectivity index (χ1) is 16.0. The van der Waals surface area contributed by atoms with Crippen molar-refractivity contribution in [2.75, 3.05) is 26.2 Å². The van der Waals surface area contributed by atoms with Gasteiger partial charge >= 0.3 is 0 Å². The minimum atomic E-state index is -0.163. The van der Waals surface area contributed by atoms with Gasteiger partial charge in [0.2, 0.25) is 0 Å². The van der Waals surface area contributed by atoms with Crippen molar-refractivity contribution in [3.63, 3.8) is 0 Å². The molecule has 1 fully saturated rings. The van der Waals surface area contributed by atoms with Crippen molar-refractivity contribution in [2.24, 2.45) is 5.41 Å². The molecule has 1 spiro atoms. The number of nitrogens with one attached hydrogen (secondary N) is 1. The van der Waals surface area contributed by atoms with Gasteiger partial charge in [-0.25, -0.2) is 0 Å². The minimum absolute atomic E-state index is 0.0155. The number of amides is 2. The average molecular weight is 489 g/mol. The highest BCUT2D eigenvalue weighted by molar-refractivity contribution is 6.31. The number of rotatable bonds is 1. The number of fused-ring (bicyclic) bond motifs is 1. The van der Waals surface area contributed by atoms with Crippen molar-refractivity contribution >= 4 is 35.0 Å². The van der Waals surface area contributed by atoms with Crippen molar-refractivity contribution in [1.82, 2.24) is 10.2 Å². The molecular formula is C26H30Cl2N2O3. The number of carbonyl (C=O) groups is 2. The first kappa shape index (κ1) is 23.9. The molecule has 0 aromatic heterocycles. The van der Waals surface area contributed by atoms with Crippen LogP contribution < -0.4 is 10.1 Å². The van der Waals surface area contributed by atoms with Gasteiger partial charge < -0.3 is 15.0 Å². The molecule has 0 unspecified atom stereocenters. The van der Waals surface area contributed by atoms with Crippen molar-refractivity contribution < 1.29 is 14.3 Å². The molecular weight excluding hydrogens is 459 g/mol. The number of benzene rings is 2. The Labute approximate surface area is 205 Å². The molecule has 2 aromatic rings. The van der Waals surface area contributed by atoms with Crippen LogP contribution in [0.1, 0.15) is 65.7 Å². The molecule has 0 radical (unpaired) electrons. The van der Waals surface area contributed by atoms with Crippen LogP contribution in [-0.4, -0.2) is 43.0 Å². The van der Waals surface area contributed by atoms with Crippen LogP contribution in [0.5, 0.6) is 5.75 Å². The second-order valence-corrected chi connectivity index (χ2v) is 10.0. The number of piperidine rings is 1. The van der Waals surface area contributed by atoms with Crippen LogP contribution in [0.4, 0.5) is 0 Å². The van der Waals surface area contributed by atoms with Gasteiger partial charge in [-0.3, -0.25) is 9.59 Å². The van der Waals surface area contributed by atoms with Gasteiger partial charge in [0, 0.05) is 35.2 Å². The van der Waals surface area contributed by atoms with E-state index < -0.39 is 0 Å². The largest absolute Gasteiger partial charge is 0.493 e. The summed E-state index contributed by atoms with van der Waals surface area (Å²) in [6.07, 6.45) is 7.06. The summed E-state index contributed by atoms with van der Waals surface area (Å²) >= 11 is 12.2. The highest BCUT2D eigenvalue weighted by Gasteiger charge is 2.36. The summed E-state index contributed by atoms with van der Waals surface area (Å²) in [4.78, 5) is 27.9. The summed E-state index contributed by atoms with van der Waals surface area (Å²) in [6, 6.07) is 12.3. The Bertz CT molecular complexity index is 1000.